The number of para-hydroxylation sites is 1. The molecule has 1 aromatic rings. The SMILES string of the molecule is CC(C)(C=O)C(=O)Oc1ccccc1. The summed E-state index contributed by atoms with van der Waals surface area (Å²) in [6.07, 6.45) is 0.582. The summed E-state index contributed by atoms with van der Waals surface area (Å²) in [7, 11) is 0. The molecule has 0 radical (unpaired) electrons. The molecule has 1 rings (SSSR count). The Balaban J connectivity index is 2.72. The fourth-order valence-corrected chi connectivity index (χ4v) is 0.775. The van der Waals surface area contributed by atoms with E-state index < -0.39 is 11.4 Å². The van der Waals surface area contributed by atoms with Crippen LogP contribution in [0.4, 0.5) is 0 Å². The third kappa shape index (κ3) is 2.42. The van der Waals surface area contributed by atoms with E-state index in [0.717, 1.165) is 0 Å². The van der Waals surface area contributed by atoms with E-state index in [1.54, 1.807) is 24.3 Å². The molecule has 0 unspecified atom stereocenters. The van der Waals surface area contributed by atoms with Gasteiger partial charge in [0.25, 0.3) is 0 Å². The molecular weight excluding hydrogens is 180 g/mol. The van der Waals surface area contributed by atoms with Gasteiger partial charge in [0.15, 0.2) is 0 Å². The molecule has 0 fully saturated rings. The smallest absolute Gasteiger partial charge is 0.324 e. The third-order valence-electron chi connectivity index (χ3n) is 1.77. The van der Waals surface area contributed by atoms with Crippen LogP contribution in [0.1, 0.15) is 13.8 Å². The van der Waals surface area contributed by atoms with Crippen molar-refractivity contribution in [1.82, 2.24) is 0 Å². The van der Waals surface area contributed by atoms with Gasteiger partial charge in [0.2, 0.25) is 0 Å². The van der Waals surface area contributed by atoms with Crippen LogP contribution in [-0.2, 0) is 9.59 Å². The predicted molar refractivity (Wildman–Crippen MR) is 51.9 cm³/mol. The summed E-state index contributed by atoms with van der Waals surface area (Å²) < 4.78 is 5.00. The Bertz CT molecular complexity index is 328. The molecule has 0 aromatic heterocycles. The van der Waals surface area contributed by atoms with Crippen molar-refractivity contribution in [1.29, 1.82) is 0 Å². The maximum Gasteiger partial charge on any atom is 0.324 e. The largest absolute Gasteiger partial charge is 0.426 e. The Morgan fingerprint density at radius 3 is 2.36 bits per heavy atom. The van der Waals surface area contributed by atoms with E-state index in [-0.39, 0.29) is 0 Å². The summed E-state index contributed by atoms with van der Waals surface area (Å²) in [5.74, 6) is -0.0916. The molecule has 0 atom stereocenters. The van der Waals surface area contributed by atoms with Gasteiger partial charge < -0.3 is 9.53 Å². The van der Waals surface area contributed by atoms with Gasteiger partial charge in [-0.3, -0.25) is 4.79 Å². The first-order chi connectivity index (χ1) is 6.56. The standard InChI is InChI=1S/C11H12O3/c1-11(2,8-12)10(13)14-9-6-4-3-5-7-9/h3-8H,1-2H3. The van der Waals surface area contributed by atoms with Crippen molar-refractivity contribution in [2.45, 2.75) is 13.8 Å². The lowest BCUT2D eigenvalue weighted by Gasteiger charge is -2.14. The molecule has 3 heteroatoms. The van der Waals surface area contributed by atoms with Gasteiger partial charge >= 0.3 is 5.97 Å². The van der Waals surface area contributed by atoms with Crippen LogP contribution in [0.3, 0.4) is 0 Å². The second-order valence-corrected chi connectivity index (χ2v) is 3.54. The molecule has 0 saturated carbocycles. The van der Waals surface area contributed by atoms with Crippen LogP contribution in [0.5, 0.6) is 5.75 Å². The number of hydrogen-bond acceptors (Lipinski definition) is 3. The van der Waals surface area contributed by atoms with Gasteiger partial charge in [0.05, 0.1) is 0 Å². The fraction of sp³-hybridized carbons (Fsp3) is 0.273. The molecule has 1 aromatic carbocycles. The van der Waals surface area contributed by atoms with Crippen LogP contribution >= 0.6 is 0 Å². The number of hydrogen-bond donors (Lipinski definition) is 0. The molecule has 0 aliphatic heterocycles. The van der Waals surface area contributed by atoms with Crippen molar-refractivity contribution >= 4 is 12.3 Å². The fourth-order valence-electron chi connectivity index (χ4n) is 0.775. The Kier molecular flexibility index (Phi) is 3.02. The second-order valence-electron chi connectivity index (χ2n) is 3.54. The average molecular weight is 192 g/mol. The number of esters is 1. The summed E-state index contributed by atoms with van der Waals surface area (Å²) in [6.45, 7) is 3.04. The van der Waals surface area contributed by atoms with Crippen LogP contribution < -0.4 is 4.74 Å². The highest BCUT2D eigenvalue weighted by atomic mass is 16.5. The molecule has 0 N–H and O–H groups in total. The number of ether oxygens (including phenoxy) is 1. The van der Waals surface area contributed by atoms with E-state index in [1.165, 1.54) is 13.8 Å². The van der Waals surface area contributed by atoms with Crippen molar-refractivity contribution in [2.75, 3.05) is 0 Å². The quantitative estimate of drug-likeness (QED) is 0.317. The highest BCUT2D eigenvalue weighted by Crippen LogP contribution is 2.17. The molecular formula is C11H12O3. The van der Waals surface area contributed by atoms with Gasteiger partial charge in [-0.2, -0.15) is 0 Å². The van der Waals surface area contributed by atoms with Crippen molar-refractivity contribution < 1.29 is 14.3 Å². The molecule has 74 valence electrons. The molecule has 0 spiro atoms. The highest BCUT2D eigenvalue weighted by Gasteiger charge is 2.29. The van der Waals surface area contributed by atoms with Crippen molar-refractivity contribution in [2.24, 2.45) is 5.41 Å². The Labute approximate surface area is 82.7 Å². The Hall–Kier alpha value is -1.64. The average Bonchev–Trinajstić information content (AvgIpc) is 2.19. The zero-order valence-electron chi connectivity index (χ0n) is 8.19. The van der Waals surface area contributed by atoms with Gasteiger partial charge in [-0.1, -0.05) is 18.2 Å². The summed E-state index contributed by atoms with van der Waals surface area (Å²) in [5, 5.41) is 0. The molecule has 14 heavy (non-hydrogen) atoms. The van der Waals surface area contributed by atoms with Crippen molar-refractivity contribution in [3.05, 3.63) is 30.3 Å². The van der Waals surface area contributed by atoms with Gasteiger partial charge in [-0.25, -0.2) is 0 Å². The van der Waals surface area contributed by atoms with Gasteiger partial charge in [0.1, 0.15) is 17.5 Å². The first-order valence-electron chi connectivity index (χ1n) is 4.30. The number of aldehydes is 1. The number of carbonyl (C=O) groups excluding carboxylic acids is 2. The van der Waals surface area contributed by atoms with Gasteiger partial charge in [-0.05, 0) is 26.0 Å². The predicted octanol–water partition coefficient (Wildman–Crippen LogP) is 1.82. The molecule has 0 amide bonds. The minimum Gasteiger partial charge on any atom is -0.426 e. The van der Waals surface area contributed by atoms with E-state index >= 15 is 0 Å². The Morgan fingerprint density at radius 2 is 1.86 bits per heavy atom. The molecule has 0 heterocycles. The third-order valence-corrected chi connectivity index (χ3v) is 1.77. The summed E-state index contributed by atoms with van der Waals surface area (Å²) >= 11 is 0. The van der Waals surface area contributed by atoms with Crippen LogP contribution in [0.2, 0.25) is 0 Å². The van der Waals surface area contributed by atoms with Crippen molar-refractivity contribution in [3.8, 4) is 5.75 Å². The topological polar surface area (TPSA) is 43.4 Å². The van der Waals surface area contributed by atoms with Crippen LogP contribution in [0.25, 0.3) is 0 Å². The molecule has 0 saturated heterocycles. The van der Waals surface area contributed by atoms with Crippen LogP contribution in [0.15, 0.2) is 30.3 Å². The molecule has 0 bridgehead atoms. The first kappa shape index (κ1) is 10.4. The van der Waals surface area contributed by atoms with E-state index in [2.05, 4.69) is 0 Å². The minimum absolute atomic E-state index is 0.451. The Morgan fingerprint density at radius 1 is 1.29 bits per heavy atom. The zero-order valence-corrected chi connectivity index (χ0v) is 8.19. The summed E-state index contributed by atoms with van der Waals surface area (Å²) in [4.78, 5) is 22.0. The lowest BCUT2D eigenvalue weighted by atomic mass is 9.96. The normalized spacial score (nSPS) is 10.7. The first-order valence-corrected chi connectivity index (χ1v) is 4.30. The summed E-state index contributed by atoms with van der Waals surface area (Å²) in [6, 6.07) is 8.67. The maximum absolute atomic E-state index is 11.4. The molecule has 0 aliphatic carbocycles. The van der Waals surface area contributed by atoms with E-state index in [1.807, 2.05) is 6.07 Å². The minimum atomic E-state index is -1.09. The second kappa shape index (κ2) is 4.05. The van der Waals surface area contributed by atoms with Gasteiger partial charge in [0, 0.05) is 0 Å². The highest BCUT2D eigenvalue weighted by molar-refractivity contribution is 5.93. The van der Waals surface area contributed by atoms with Crippen LogP contribution in [0, 0.1) is 5.41 Å². The molecule has 3 nitrogen and oxygen atoms in total. The maximum atomic E-state index is 11.4. The zero-order chi connectivity index (χ0) is 10.6. The summed E-state index contributed by atoms with van der Waals surface area (Å²) in [5.41, 5.74) is -1.09. The van der Waals surface area contributed by atoms with Gasteiger partial charge in [-0.15, -0.1) is 0 Å². The van der Waals surface area contributed by atoms with E-state index in [9.17, 15) is 9.59 Å². The number of benzene rings is 1. The number of rotatable bonds is 3. The van der Waals surface area contributed by atoms with E-state index in [4.69, 9.17) is 4.74 Å². The lowest BCUT2D eigenvalue weighted by Crippen LogP contribution is -2.30. The number of carbonyl (C=O) groups is 2. The van der Waals surface area contributed by atoms with Crippen molar-refractivity contribution in [3.63, 3.8) is 0 Å². The monoisotopic (exact) mass is 192 g/mol. The van der Waals surface area contributed by atoms with E-state index in [0.29, 0.717) is 12.0 Å². The molecule has 0 aliphatic rings. The van der Waals surface area contributed by atoms with Crippen LogP contribution in [-0.4, -0.2) is 12.3 Å². The lowest BCUT2D eigenvalue weighted by molar-refractivity contribution is -0.146.